The predicted octanol–water partition coefficient (Wildman–Crippen LogP) is 4.80. The number of piperazine rings is 1. The number of aryl methyl sites for hydroxylation is 1. The zero-order chi connectivity index (χ0) is 22.8. The number of ether oxygens (including phenoxy) is 1. The molecule has 0 N–H and O–H groups in total. The first-order chi connectivity index (χ1) is 15.4. The highest BCUT2D eigenvalue weighted by Gasteiger charge is 2.21. The summed E-state index contributed by atoms with van der Waals surface area (Å²) in [6, 6.07) is 11.9. The molecule has 0 unspecified atom stereocenters. The summed E-state index contributed by atoms with van der Waals surface area (Å²) in [6.07, 6.45) is 0. The number of carbonyl (C=O) groups is 1. The van der Waals surface area contributed by atoms with Gasteiger partial charge in [-0.1, -0.05) is 0 Å². The Hall–Kier alpha value is -3.12. The van der Waals surface area contributed by atoms with Crippen molar-refractivity contribution in [2.45, 2.75) is 34.2 Å². The first kappa shape index (κ1) is 22.1. The van der Waals surface area contributed by atoms with Crippen LogP contribution in [-0.2, 0) is 6.54 Å². The molecule has 0 spiro atoms. The zero-order valence-electron chi connectivity index (χ0n) is 19.6. The lowest BCUT2D eigenvalue weighted by Gasteiger charge is -2.35. The van der Waals surface area contributed by atoms with Gasteiger partial charge in [0.2, 0.25) is 5.89 Å². The number of anilines is 1. The summed E-state index contributed by atoms with van der Waals surface area (Å²) in [5.41, 5.74) is 6.16. The van der Waals surface area contributed by atoms with Crippen LogP contribution in [0.1, 0.15) is 39.9 Å². The topological polar surface area (TPSA) is 58.8 Å². The highest BCUT2D eigenvalue weighted by molar-refractivity contribution is 5.94. The molecule has 0 radical (unpaired) electrons. The lowest BCUT2D eigenvalue weighted by Crippen LogP contribution is -2.46. The Labute approximate surface area is 189 Å². The number of rotatable bonds is 6. The maximum absolute atomic E-state index is 11.5. The molecule has 1 fully saturated rings. The number of hydrogen-bond donors (Lipinski definition) is 0. The summed E-state index contributed by atoms with van der Waals surface area (Å²) < 4.78 is 11.5. The van der Waals surface area contributed by atoms with Crippen LogP contribution in [0.5, 0.6) is 5.75 Å². The minimum atomic E-state index is 0.101. The van der Waals surface area contributed by atoms with E-state index in [4.69, 9.17) is 14.1 Å². The molecule has 0 amide bonds. The summed E-state index contributed by atoms with van der Waals surface area (Å²) in [7, 11) is 1.69. The van der Waals surface area contributed by atoms with Crippen molar-refractivity contribution in [2.24, 2.45) is 0 Å². The third-order valence-electron chi connectivity index (χ3n) is 6.47. The number of oxazole rings is 1. The van der Waals surface area contributed by atoms with E-state index >= 15 is 0 Å². The fraction of sp³-hybridized carbons (Fsp3) is 0.385. The summed E-state index contributed by atoms with van der Waals surface area (Å²) in [5.74, 6) is 2.52. The molecular formula is C26H31N3O3. The minimum Gasteiger partial charge on any atom is -0.496 e. The SMILES string of the molecule is COc1ccc(-c2nc(CN3CCN(c4ccc(C(C)=O)cc4)CC3)c(C)o2)c(C)c1C. The molecule has 1 aliphatic heterocycles. The van der Waals surface area contributed by atoms with Crippen LogP contribution in [0.15, 0.2) is 40.8 Å². The van der Waals surface area contributed by atoms with Crippen LogP contribution in [0, 0.1) is 20.8 Å². The fourth-order valence-corrected chi connectivity index (χ4v) is 4.22. The minimum absolute atomic E-state index is 0.101. The number of methoxy groups -OCH3 is 1. The molecule has 0 atom stereocenters. The summed E-state index contributed by atoms with van der Waals surface area (Å²) in [5, 5.41) is 0. The third-order valence-corrected chi connectivity index (χ3v) is 6.47. The third kappa shape index (κ3) is 4.41. The van der Waals surface area contributed by atoms with Crippen LogP contribution < -0.4 is 9.64 Å². The van der Waals surface area contributed by atoms with Gasteiger partial charge >= 0.3 is 0 Å². The first-order valence-electron chi connectivity index (χ1n) is 11.1. The van der Waals surface area contributed by atoms with Crippen molar-refractivity contribution in [3.8, 4) is 17.2 Å². The van der Waals surface area contributed by atoms with E-state index in [-0.39, 0.29) is 5.78 Å². The fourth-order valence-electron chi connectivity index (χ4n) is 4.22. The molecule has 0 saturated carbocycles. The summed E-state index contributed by atoms with van der Waals surface area (Å²) in [6.45, 7) is 12.3. The van der Waals surface area contributed by atoms with E-state index in [2.05, 4.69) is 23.6 Å². The zero-order valence-corrected chi connectivity index (χ0v) is 19.6. The van der Waals surface area contributed by atoms with Crippen LogP contribution in [0.2, 0.25) is 0 Å². The predicted molar refractivity (Wildman–Crippen MR) is 127 cm³/mol. The highest BCUT2D eigenvalue weighted by Crippen LogP contribution is 2.32. The molecule has 1 aromatic heterocycles. The standard InChI is InChI=1S/C26H31N3O3/c1-17-18(2)25(31-5)11-10-23(17)26-27-24(20(4)32-26)16-28-12-14-29(15-13-28)22-8-6-21(7-9-22)19(3)30/h6-11H,12-16H2,1-5H3. The van der Waals surface area contributed by atoms with Gasteiger partial charge in [-0.2, -0.15) is 0 Å². The average molecular weight is 434 g/mol. The van der Waals surface area contributed by atoms with Crippen molar-refractivity contribution in [2.75, 3.05) is 38.2 Å². The van der Waals surface area contributed by atoms with Crippen LogP contribution in [0.4, 0.5) is 5.69 Å². The molecule has 2 heterocycles. The maximum atomic E-state index is 11.5. The normalized spacial score (nSPS) is 14.6. The van der Waals surface area contributed by atoms with Gasteiger partial charge in [0, 0.05) is 49.5 Å². The summed E-state index contributed by atoms with van der Waals surface area (Å²) in [4.78, 5) is 21.1. The number of ketones is 1. The lowest BCUT2D eigenvalue weighted by molar-refractivity contribution is 0.101. The molecule has 0 bridgehead atoms. The Morgan fingerprint density at radius 1 is 1.00 bits per heavy atom. The molecule has 6 nitrogen and oxygen atoms in total. The van der Waals surface area contributed by atoms with E-state index in [1.54, 1.807) is 14.0 Å². The van der Waals surface area contributed by atoms with Crippen LogP contribution >= 0.6 is 0 Å². The molecule has 6 heteroatoms. The van der Waals surface area contributed by atoms with Gasteiger partial charge in [0.25, 0.3) is 0 Å². The van der Waals surface area contributed by atoms with Crippen LogP contribution in [-0.4, -0.2) is 49.0 Å². The molecule has 0 aliphatic carbocycles. The van der Waals surface area contributed by atoms with Crippen molar-refractivity contribution in [3.63, 3.8) is 0 Å². The molecule has 2 aromatic carbocycles. The Kier molecular flexibility index (Phi) is 6.33. The van der Waals surface area contributed by atoms with Gasteiger partial charge in [0.05, 0.1) is 12.8 Å². The van der Waals surface area contributed by atoms with Gasteiger partial charge in [-0.3, -0.25) is 9.69 Å². The van der Waals surface area contributed by atoms with Crippen molar-refractivity contribution in [1.82, 2.24) is 9.88 Å². The number of hydrogen-bond acceptors (Lipinski definition) is 6. The van der Waals surface area contributed by atoms with E-state index in [0.29, 0.717) is 5.89 Å². The van der Waals surface area contributed by atoms with E-state index < -0.39 is 0 Å². The van der Waals surface area contributed by atoms with E-state index in [9.17, 15) is 4.79 Å². The Morgan fingerprint density at radius 3 is 2.31 bits per heavy atom. The van der Waals surface area contributed by atoms with Gasteiger partial charge in [0.1, 0.15) is 11.5 Å². The van der Waals surface area contributed by atoms with E-state index in [0.717, 1.165) is 72.2 Å². The largest absolute Gasteiger partial charge is 0.496 e. The Morgan fingerprint density at radius 2 is 1.69 bits per heavy atom. The second-order valence-corrected chi connectivity index (χ2v) is 8.45. The van der Waals surface area contributed by atoms with Gasteiger partial charge in [-0.05, 0) is 75.2 Å². The van der Waals surface area contributed by atoms with Gasteiger partial charge < -0.3 is 14.1 Å². The first-order valence-corrected chi connectivity index (χ1v) is 11.1. The second-order valence-electron chi connectivity index (χ2n) is 8.45. The lowest BCUT2D eigenvalue weighted by atomic mass is 10.0. The molecular weight excluding hydrogens is 402 g/mol. The molecule has 32 heavy (non-hydrogen) atoms. The van der Waals surface area contributed by atoms with Gasteiger partial charge in [-0.15, -0.1) is 0 Å². The molecule has 3 aromatic rings. The Balaban J connectivity index is 1.41. The molecule has 1 aliphatic rings. The number of carbonyl (C=O) groups excluding carboxylic acids is 1. The van der Waals surface area contributed by atoms with Crippen LogP contribution in [0.25, 0.3) is 11.5 Å². The average Bonchev–Trinajstić information content (AvgIpc) is 3.16. The van der Waals surface area contributed by atoms with Crippen LogP contribution in [0.3, 0.4) is 0 Å². The van der Waals surface area contributed by atoms with E-state index in [1.807, 2.05) is 43.3 Å². The van der Waals surface area contributed by atoms with E-state index in [1.165, 1.54) is 5.69 Å². The van der Waals surface area contributed by atoms with Gasteiger partial charge in [0.15, 0.2) is 5.78 Å². The number of nitrogens with zero attached hydrogens (tertiary/aromatic N) is 3. The van der Waals surface area contributed by atoms with Crippen molar-refractivity contribution < 1.29 is 13.9 Å². The van der Waals surface area contributed by atoms with Crippen molar-refractivity contribution in [1.29, 1.82) is 0 Å². The summed E-state index contributed by atoms with van der Waals surface area (Å²) >= 11 is 0. The van der Waals surface area contributed by atoms with Crippen molar-refractivity contribution in [3.05, 3.63) is 64.5 Å². The van der Waals surface area contributed by atoms with Crippen molar-refractivity contribution >= 4 is 11.5 Å². The molecule has 4 rings (SSSR count). The number of Topliss-reactive ketones (excluding diaryl/α,β-unsaturated/α-hetero) is 1. The number of benzene rings is 2. The Bertz CT molecular complexity index is 1110. The quantitative estimate of drug-likeness (QED) is 0.521. The monoisotopic (exact) mass is 433 g/mol. The second kappa shape index (κ2) is 9.17. The molecule has 1 saturated heterocycles. The highest BCUT2D eigenvalue weighted by atomic mass is 16.5. The molecule has 168 valence electrons. The number of aromatic nitrogens is 1. The smallest absolute Gasteiger partial charge is 0.226 e. The van der Waals surface area contributed by atoms with Gasteiger partial charge in [-0.25, -0.2) is 4.98 Å². The maximum Gasteiger partial charge on any atom is 0.226 e.